The molecule has 1 amide bonds. The van der Waals surface area contributed by atoms with Crippen LogP contribution >= 0.6 is 0 Å². The molecule has 4 aromatic heterocycles. The van der Waals surface area contributed by atoms with Crippen molar-refractivity contribution < 1.29 is 18.0 Å². The Bertz CT molecular complexity index is 1240. The van der Waals surface area contributed by atoms with Crippen LogP contribution in [0.1, 0.15) is 32.9 Å². The summed E-state index contributed by atoms with van der Waals surface area (Å²) in [6.07, 6.45) is 0.215. The van der Waals surface area contributed by atoms with Gasteiger partial charge in [0.05, 0.1) is 5.69 Å². The largest absolute Gasteiger partial charge is 0.336 e. The predicted octanol–water partition coefficient (Wildman–Crippen LogP) is 4.99. The number of aromatic nitrogens is 5. The summed E-state index contributed by atoms with van der Waals surface area (Å²) in [5, 5.41) is 9.43. The second-order valence-corrected chi connectivity index (χ2v) is 6.20. The minimum absolute atomic E-state index is 0.00999. The number of fused-ring (bicyclic) bond motifs is 1. The van der Waals surface area contributed by atoms with Crippen LogP contribution in [-0.4, -0.2) is 30.5 Å². The van der Waals surface area contributed by atoms with Crippen molar-refractivity contribution in [1.82, 2.24) is 24.6 Å². The molecule has 0 unspecified atom stereocenters. The lowest BCUT2D eigenvalue weighted by molar-refractivity contribution is -0.114. The number of alkyl halides is 2. The lowest BCUT2D eigenvalue weighted by Gasteiger charge is -2.12. The summed E-state index contributed by atoms with van der Waals surface area (Å²) in [6, 6.07) is 8.91. The van der Waals surface area contributed by atoms with E-state index in [1.807, 2.05) is 13.8 Å². The molecule has 166 valence electrons. The molecule has 11 heteroatoms. The third-order valence-corrected chi connectivity index (χ3v) is 4.05. The van der Waals surface area contributed by atoms with E-state index in [4.69, 9.17) is 0 Å². The van der Waals surface area contributed by atoms with Gasteiger partial charge >= 0.3 is 0 Å². The maximum absolute atomic E-state index is 14.7. The van der Waals surface area contributed by atoms with E-state index < -0.39 is 23.8 Å². The van der Waals surface area contributed by atoms with E-state index in [9.17, 15) is 18.0 Å². The molecule has 0 spiro atoms. The highest BCUT2D eigenvalue weighted by Gasteiger charge is 2.16. The van der Waals surface area contributed by atoms with E-state index in [1.54, 1.807) is 18.3 Å². The fraction of sp³-hybridized carbons (Fsp3) is 0.190. The van der Waals surface area contributed by atoms with Crippen LogP contribution in [0, 0.1) is 5.82 Å². The number of nitrogens with one attached hydrogen (secondary N) is 2. The molecule has 4 aromatic rings. The Labute approximate surface area is 181 Å². The topological polar surface area (TPSA) is 97.1 Å². The minimum Gasteiger partial charge on any atom is -0.336 e. The molecule has 4 rings (SSSR count). The Kier molecular flexibility index (Phi) is 6.98. The van der Waals surface area contributed by atoms with E-state index in [0.29, 0.717) is 5.52 Å². The molecular formula is C21H20F3N7O. The molecule has 0 aliphatic rings. The van der Waals surface area contributed by atoms with Crippen molar-refractivity contribution in [3.63, 3.8) is 0 Å². The Hall–Kier alpha value is -4.02. The molecule has 0 aromatic carbocycles. The molecule has 0 aliphatic heterocycles. The van der Waals surface area contributed by atoms with Gasteiger partial charge < -0.3 is 10.6 Å². The van der Waals surface area contributed by atoms with Gasteiger partial charge in [-0.25, -0.2) is 32.6 Å². The van der Waals surface area contributed by atoms with Gasteiger partial charge in [-0.2, -0.15) is 0 Å². The number of halogens is 3. The highest BCUT2D eigenvalue weighted by atomic mass is 19.3. The molecule has 0 saturated heterocycles. The number of hydrogen-bond acceptors (Lipinski definition) is 6. The van der Waals surface area contributed by atoms with Crippen molar-refractivity contribution in [3.05, 3.63) is 60.3 Å². The minimum atomic E-state index is -2.74. The van der Waals surface area contributed by atoms with Crippen molar-refractivity contribution >= 4 is 28.7 Å². The highest BCUT2D eigenvalue weighted by Crippen LogP contribution is 2.27. The van der Waals surface area contributed by atoms with Gasteiger partial charge in [-0.15, -0.1) is 5.10 Å². The van der Waals surface area contributed by atoms with E-state index in [-0.39, 0.29) is 28.8 Å². The van der Waals surface area contributed by atoms with Gasteiger partial charge in [0.2, 0.25) is 11.7 Å². The summed E-state index contributed by atoms with van der Waals surface area (Å²) in [6.45, 7) is 5.24. The first kappa shape index (κ1) is 22.7. The highest BCUT2D eigenvalue weighted by molar-refractivity contribution is 5.88. The van der Waals surface area contributed by atoms with Crippen molar-refractivity contribution in [2.24, 2.45) is 0 Å². The van der Waals surface area contributed by atoms with Gasteiger partial charge in [-0.05, 0) is 30.3 Å². The summed E-state index contributed by atoms with van der Waals surface area (Å²) in [4.78, 5) is 23.3. The molecule has 0 fully saturated rings. The van der Waals surface area contributed by atoms with Gasteiger partial charge in [-0.1, -0.05) is 19.9 Å². The number of nitrogens with zero attached hydrogens (tertiary/aromatic N) is 5. The zero-order chi connectivity index (χ0) is 23.3. The number of rotatable bonds is 5. The summed E-state index contributed by atoms with van der Waals surface area (Å²) >= 11 is 0. The predicted molar refractivity (Wildman–Crippen MR) is 114 cm³/mol. The zero-order valence-corrected chi connectivity index (χ0v) is 17.5. The monoisotopic (exact) mass is 443 g/mol. The Balaban J connectivity index is 0.00000141. The third-order valence-electron chi connectivity index (χ3n) is 4.05. The molecule has 32 heavy (non-hydrogen) atoms. The Morgan fingerprint density at radius 2 is 1.84 bits per heavy atom. The SMILES string of the molecule is CC.CC(=O)Nc1nccc(Nc2nc(-c3cccc(C(F)F)n3)nn3cccc23)c1F. The van der Waals surface area contributed by atoms with Crippen molar-refractivity contribution in [2.45, 2.75) is 27.2 Å². The average Bonchev–Trinajstić information content (AvgIpc) is 3.27. The number of carbonyl (C=O) groups excluding carboxylic acids is 1. The fourth-order valence-electron chi connectivity index (χ4n) is 2.75. The average molecular weight is 443 g/mol. The summed E-state index contributed by atoms with van der Waals surface area (Å²) < 4.78 is 42.2. The molecule has 0 radical (unpaired) electrons. The van der Waals surface area contributed by atoms with Crippen LogP contribution < -0.4 is 10.6 Å². The van der Waals surface area contributed by atoms with E-state index >= 15 is 0 Å². The van der Waals surface area contributed by atoms with Gasteiger partial charge in [0.25, 0.3) is 6.43 Å². The lowest BCUT2D eigenvalue weighted by Crippen LogP contribution is -2.11. The van der Waals surface area contributed by atoms with Crippen molar-refractivity contribution in [1.29, 1.82) is 0 Å². The smallest absolute Gasteiger partial charge is 0.280 e. The first-order valence-electron chi connectivity index (χ1n) is 9.72. The number of anilines is 3. The number of carbonyl (C=O) groups is 1. The first-order valence-corrected chi connectivity index (χ1v) is 9.72. The van der Waals surface area contributed by atoms with Crippen LogP contribution in [0.4, 0.5) is 30.5 Å². The first-order chi connectivity index (χ1) is 15.4. The molecule has 0 saturated carbocycles. The van der Waals surface area contributed by atoms with E-state index in [0.717, 1.165) is 0 Å². The van der Waals surface area contributed by atoms with Crippen molar-refractivity contribution in [2.75, 3.05) is 10.6 Å². The number of hydrogen-bond donors (Lipinski definition) is 2. The van der Waals surface area contributed by atoms with E-state index in [2.05, 4.69) is 30.7 Å². The third kappa shape index (κ3) is 4.82. The molecule has 8 nitrogen and oxygen atoms in total. The van der Waals surface area contributed by atoms with Crippen LogP contribution in [0.2, 0.25) is 0 Å². The van der Waals surface area contributed by atoms with Crippen molar-refractivity contribution in [3.8, 4) is 11.5 Å². The van der Waals surface area contributed by atoms with E-state index in [1.165, 1.54) is 41.9 Å². The second-order valence-electron chi connectivity index (χ2n) is 6.20. The van der Waals surface area contributed by atoms with Gasteiger partial charge in [-0.3, -0.25) is 4.79 Å². The number of pyridine rings is 2. The van der Waals surface area contributed by atoms with Gasteiger partial charge in [0.1, 0.15) is 16.9 Å². The van der Waals surface area contributed by atoms with Crippen LogP contribution in [-0.2, 0) is 4.79 Å². The maximum atomic E-state index is 14.7. The molecule has 0 atom stereocenters. The maximum Gasteiger partial charge on any atom is 0.280 e. The normalized spacial score (nSPS) is 10.6. The zero-order valence-electron chi connectivity index (χ0n) is 17.5. The molecule has 4 heterocycles. The molecule has 2 N–H and O–H groups in total. The molecule has 0 aliphatic carbocycles. The van der Waals surface area contributed by atoms with Gasteiger partial charge in [0, 0.05) is 19.3 Å². The summed E-state index contributed by atoms with van der Waals surface area (Å²) in [5.74, 6) is -1.20. The summed E-state index contributed by atoms with van der Waals surface area (Å²) in [7, 11) is 0. The standard InChI is InChI=1S/C19H14F3N7O.C2H6/c1-10(30)24-19-15(20)11(7-8-23-19)26-18-14-6-3-9-29(14)28-17(27-18)13-5-2-4-12(25-13)16(21)22;1-2/h2-9,16H,1H3,(H2,23,24,26,27,28,30);1-2H3. The van der Waals surface area contributed by atoms with Crippen LogP contribution in [0.5, 0.6) is 0 Å². The van der Waals surface area contributed by atoms with Crippen LogP contribution in [0.3, 0.4) is 0 Å². The Morgan fingerprint density at radius 3 is 2.56 bits per heavy atom. The molecular weight excluding hydrogens is 423 g/mol. The fourth-order valence-corrected chi connectivity index (χ4v) is 2.75. The lowest BCUT2D eigenvalue weighted by atomic mass is 10.3. The van der Waals surface area contributed by atoms with Gasteiger partial charge in [0.15, 0.2) is 17.5 Å². The Morgan fingerprint density at radius 1 is 1.06 bits per heavy atom. The summed E-state index contributed by atoms with van der Waals surface area (Å²) in [5.41, 5.74) is 0.260. The van der Waals surface area contributed by atoms with Crippen LogP contribution in [0.15, 0.2) is 48.8 Å². The van der Waals surface area contributed by atoms with Crippen LogP contribution in [0.25, 0.3) is 17.0 Å². The molecule has 0 bridgehead atoms. The quantitative estimate of drug-likeness (QED) is 0.451. The number of amides is 1. The second kappa shape index (κ2) is 9.86.